The maximum absolute atomic E-state index is 13.1. The highest BCUT2D eigenvalue weighted by Gasteiger charge is 2.11. The van der Waals surface area contributed by atoms with Crippen molar-refractivity contribution in [1.29, 1.82) is 0 Å². The minimum Gasteiger partial charge on any atom is -0.478 e. The van der Waals surface area contributed by atoms with E-state index < -0.39 is 11.7 Å². The predicted molar refractivity (Wildman–Crippen MR) is 107 cm³/mol. The lowest BCUT2D eigenvalue weighted by atomic mass is 10.2. The SMILES string of the molecule is CCOc1cc(Nc2ccc(NC(=O)c3ccc(F)cc3Cl)cc2)nc(C)n1. The number of anilines is 3. The van der Waals surface area contributed by atoms with Crippen molar-refractivity contribution in [3.63, 3.8) is 0 Å². The smallest absolute Gasteiger partial charge is 0.257 e. The maximum atomic E-state index is 13.1. The molecular formula is C20H18ClFN4O2. The lowest BCUT2D eigenvalue weighted by Gasteiger charge is -2.10. The van der Waals surface area contributed by atoms with Crippen molar-refractivity contribution in [2.45, 2.75) is 13.8 Å². The summed E-state index contributed by atoms with van der Waals surface area (Å²) in [5, 5.41) is 5.95. The van der Waals surface area contributed by atoms with Gasteiger partial charge >= 0.3 is 0 Å². The number of halogens is 2. The normalized spacial score (nSPS) is 10.4. The number of carbonyl (C=O) groups is 1. The molecule has 0 fully saturated rings. The van der Waals surface area contributed by atoms with Crippen LogP contribution in [-0.4, -0.2) is 22.5 Å². The van der Waals surface area contributed by atoms with Crippen LogP contribution in [0.2, 0.25) is 5.02 Å². The molecule has 6 nitrogen and oxygen atoms in total. The molecule has 8 heteroatoms. The van der Waals surface area contributed by atoms with E-state index in [-0.39, 0.29) is 10.6 Å². The zero-order valence-electron chi connectivity index (χ0n) is 15.3. The largest absolute Gasteiger partial charge is 0.478 e. The van der Waals surface area contributed by atoms with Crippen LogP contribution in [0.4, 0.5) is 21.6 Å². The van der Waals surface area contributed by atoms with E-state index in [4.69, 9.17) is 16.3 Å². The second kappa shape index (κ2) is 8.67. The highest BCUT2D eigenvalue weighted by Crippen LogP contribution is 2.22. The second-order valence-corrected chi connectivity index (χ2v) is 6.26. The van der Waals surface area contributed by atoms with Gasteiger partial charge in [0, 0.05) is 17.4 Å². The lowest BCUT2D eigenvalue weighted by molar-refractivity contribution is 0.102. The van der Waals surface area contributed by atoms with Crippen LogP contribution in [0.5, 0.6) is 5.88 Å². The summed E-state index contributed by atoms with van der Waals surface area (Å²) in [6.07, 6.45) is 0. The second-order valence-electron chi connectivity index (χ2n) is 5.85. The first-order valence-electron chi connectivity index (χ1n) is 8.56. The number of carbonyl (C=O) groups excluding carboxylic acids is 1. The van der Waals surface area contributed by atoms with Gasteiger partial charge in [-0.1, -0.05) is 11.6 Å². The fourth-order valence-electron chi connectivity index (χ4n) is 2.48. The van der Waals surface area contributed by atoms with Crippen LogP contribution >= 0.6 is 11.6 Å². The van der Waals surface area contributed by atoms with Crippen molar-refractivity contribution in [1.82, 2.24) is 9.97 Å². The van der Waals surface area contributed by atoms with E-state index in [0.717, 1.165) is 11.8 Å². The summed E-state index contributed by atoms with van der Waals surface area (Å²) < 4.78 is 18.5. The summed E-state index contributed by atoms with van der Waals surface area (Å²) in [5.74, 6) is 0.778. The fraction of sp³-hybridized carbons (Fsp3) is 0.150. The number of nitrogens with one attached hydrogen (secondary N) is 2. The molecule has 0 saturated carbocycles. The zero-order valence-corrected chi connectivity index (χ0v) is 16.0. The number of ether oxygens (including phenoxy) is 1. The van der Waals surface area contributed by atoms with Gasteiger partial charge in [0.25, 0.3) is 5.91 Å². The molecule has 0 radical (unpaired) electrons. The average Bonchev–Trinajstić information content (AvgIpc) is 2.63. The van der Waals surface area contributed by atoms with Crippen LogP contribution in [0, 0.1) is 12.7 Å². The van der Waals surface area contributed by atoms with Crippen LogP contribution in [-0.2, 0) is 0 Å². The Balaban J connectivity index is 1.69. The molecule has 3 aromatic rings. The van der Waals surface area contributed by atoms with E-state index in [1.807, 2.05) is 6.92 Å². The van der Waals surface area contributed by atoms with Crippen molar-refractivity contribution < 1.29 is 13.9 Å². The van der Waals surface area contributed by atoms with Gasteiger partial charge in [-0.3, -0.25) is 4.79 Å². The fourth-order valence-corrected chi connectivity index (χ4v) is 2.74. The van der Waals surface area contributed by atoms with Crippen molar-refractivity contribution in [3.05, 3.63) is 70.8 Å². The number of hydrogen-bond acceptors (Lipinski definition) is 5. The third-order valence-electron chi connectivity index (χ3n) is 3.70. The van der Waals surface area contributed by atoms with E-state index in [0.29, 0.717) is 29.8 Å². The van der Waals surface area contributed by atoms with Crippen molar-refractivity contribution in [3.8, 4) is 5.88 Å². The molecule has 28 heavy (non-hydrogen) atoms. The number of rotatable bonds is 6. The Labute approximate surface area is 166 Å². The first kappa shape index (κ1) is 19.6. The predicted octanol–water partition coefficient (Wildman–Crippen LogP) is 4.97. The summed E-state index contributed by atoms with van der Waals surface area (Å²) in [5.41, 5.74) is 1.55. The molecule has 144 valence electrons. The summed E-state index contributed by atoms with van der Waals surface area (Å²) in [6.45, 7) is 4.19. The number of amides is 1. The van der Waals surface area contributed by atoms with Crippen LogP contribution in [0.15, 0.2) is 48.5 Å². The topological polar surface area (TPSA) is 76.1 Å². The summed E-state index contributed by atoms with van der Waals surface area (Å²) >= 11 is 5.92. The Morgan fingerprint density at radius 2 is 1.82 bits per heavy atom. The van der Waals surface area contributed by atoms with Gasteiger partial charge in [0.05, 0.1) is 17.2 Å². The van der Waals surface area contributed by atoms with Crippen LogP contribution in [0.3, 0.4) is 0 Å². The molecule has 1 amide bonds. The van der Waals surface area contributed by atoms with E-state index in [2.05, 4.69) is 20.6 Å². The van der Waals surface area contributed by atoms with Crippen molar-refractivity contribution in [2.24, 2.45) is 0 Å². The molecule has 1 heterocycles. The molecule has 0 unspecified atom stereocenters. The summed E-state index contributed by atoms with van der Waals surface area (Å²) in [6, 6.07) is 12.4. The number of benzene rings is 2. The molecule has 0 saturated heterocycles. The number of aromatic nitrogens is 2. The Morgan fingerprint density at radius 1 is 1.11 bits per heavy atom. The molecule has 2 aromatic carbocycles. The van der Waals surface area contributed by atoms with Crippen LogP contribution < -0.4 is 15.4 Å². The van der Waals surface area contributed by atoms with Gasteiger partial charge in [-0.25, -0.2) is 9.37 Å². The monoisotopic (exact) mass is 400 g/mol. The lowest BCUT2D eigenvalue weighted by Crippen LogP contribution is -2.12. The Kier molecular flexibility index (Phi) is 6.06. The Morgan fingerprint density at radius 3 is 2.50 bits per heavy atom. The van der Waals surface area contributed by atoms with Gasteiger partial charge in [0.15, 0.2) is 0 Å². The molecule has 0 spiro atoms. The van der Waals surface area contributed by atoms with E-state index in [1.54, 1.807) is 37.3 Å². The molecule has 3 rings (SSSR count). The van der Waals surface area contributed by atoms with Crippen LogP contribution in [0.1, 0.15) is 23.1 Å². The Hall–Kier alpha value is -3.19. The maximum Gasteiger partial charge on any atom is 0.257 e. The van der Waals surface area contributed by atoms with Gasteiger partial charge in [-0.2, -0.15) is 4.98 Å². The molecule has 0 aliphatic rings. The standard InChI is InChI=1S/C20H18ClFN4O2/c1-3-28-19-11-18(23-12(2)24-19)25-14-5-7-15(8-6-14)26-20(27)16-9-4-13(22)10-17(16)21/h4-11H,3H2,1-2H3,(H,26,27)(H,23,24,25). The van der Waals surface area contributed by atoms with Gasteiger partial charge < -0.3 is 15.4 Å². The van der Waals surface area contributed by atoms with Crippen molar-refractivity contribution >= 4 is 34.7 Å². The minimum absolute atomic E-state index is 0.0556. The highest BCUT2D eigenvalue weighted by atomic mass is 35.5. The third-order valence-corrected chi connectivity index (χ3v) is 4.01. The zero-order chi connectivity index (χ0) is 20.1. The first-order chi connectivity index (χ1) is 13.4. The molecule has 2 N–H and O–H groups in total. The molecule has 0 aliphatic carbocycles. The molecular weight excluding hydrogens is 383 g/mol. The summed E-state index contributed by atoms with van der Waals surface area (Å²) in [4.78, 5) is 20.8. The minimum atomic E-state index is -0.496. The number of hydrogen-bond donors (Lipinski definition) is 2. The van der Waals surface area contributed by atoms with Gasteiger partial charge in [-0.05, 0) is 56.3 Å². The van der Waals surface area contributed by atoms with Gasteiger partial charge in [0.1, 0.15) is 17.5 Å². The van der Waals surface area contributed by atoms with Crippen LogP contribution in [0.25, 0.3) is 0 Å². The Bertz CT molecular complexity index is 996. The molecule has 0 atom stereocenters. The van der Waals surface area contributed by atoms with Gasteiger partial charge in [-0.15, -0.1) is 0 Å². The first-order valence-corrected chi connectivity index (χ1v) is 8.94. The highest BCUT2D eigenvalue weighted by molar-refractivity contribution is 6.34. The number of aryl methyl sites for hydroxylation is 1. The average molecular weight is 401 g/mol. The third kappa shape index (κ3) is 4.95. The van der Waals surface area contributed by atoms with E-state index in [9.17, 15) is 9.18 Å². The quantitative estimate of drug-likeness (QED) is 0.610. The molecule has 1 aromatic heterocycles. The van der Waals surface area contributed by atoms with Crippen molar-refractivity contribution in [2.75, 3.05) is 17.2 Å². The number of nitrogens with zero attached hydrogens (tertiary/aromatic N) is 2. The van der Waals surface area contributed by atoms with E-state index >= 15 is 0 Å². The molecule has 0 bridgehead atoms. The molecule has 0 aliphatic heterocycles. The van der Waals surface area contributed by atoms with E-state index in [1.165, 1.54) is 12.1 Å². The summed E-state index contributed by atoms with van der Waals surface area (Å²) in [7, 11) is 0. The van der Waals surface area contributed by atoms with Gasteiger partial charge in [0.2, 0.25) is 5.88 Å².